The molecule has 7 nitrogen and oxygen atoms in total. The highest BCUT2D eigenvalue weighted by atomic mass is 32.2. The van der Waals surface area contributed by atoms with E-state index in [-0.39, 0.29) is 16.1 Å². The van der Waals surface area contributed by atoms with E-state index in [1.807, 2.05) is 32.0 Å². The minimum absolute atomic E-state index is 0.0283. The van der Waals surface area contributed by atoms with E-state index in [0.717, 1.165) is 51.8 Å². The van der Waals surface area contributed by atoms with Crippen LogP contribution in [0.3, 0.4) is 0 Å². The molecule has 0 saturated carbocycles. The van der Waals surface area contributed by atoms with E-state index in [4.69, 9.17) is 4.98 Å². The highest BCUT2D eigenvalue weighted by Gasteiger charge is 2.19. The molecule has 0 spiro atoms. The Labute approximate surface area is 198 Å². The largest absolute Gasteiger partial charge is 0.303 e. The highest BCUT2D eigenvalue weighted by molar-refractivity contribution is 7.86. The van der Waals surface area contributed by atoms with Gasteiger partial charge in [-0.15, -0.1) is 0 Å². The Morgan fingerprint density at radius 1 is 1.03 bits per heavy atom. The van der Waals surface area contributed by atoms with Crippen molar-refractivity contribution in [3.05, 3.63) is 87.1 Å². The maximum atomic E-state index is 13.4. The summed E-state index contributed by atoms with van der Waals surface area (Å²) < 4.78 is 34.8. The topological polar surface area (TPSA) is 102 Å². The number of nitrogens with zero attached hydrogens (tertiary/aromatic N) is 3. The van der Waals surface area contributed by atoms with Crippen LogP contribution in [0.5, 0.6) is 0 Å². The van der Waals surface area contributed by atoms with Crippen LogP contribution < -0.4 is 5.56 Å². The van der Waals surface area contributed by atoms with Gasteiger partial charge in [-0.1, -0.05) is 38.1 Å². The first kappa shape index (κ1) is 23.8. The van der Waals surface area contributed by atoms with E-state index >= 15 is 0 Å². The lowest BCUT2D eigenvalue weighted by Crippen LogP contribution is -2.26. The van der Waals surface area contributed by atoms with E-state index in [2.05, 4.69) is 18.8 Å². The molecule has 4 rings (SSSR count). The fraction of sp³-hybridized carbons (Fsp3) is 0.269. The summed E-state index contributed by atoms with van der Waals surface area (Å²) in [5.41, 5.74) is 6.10. The van der Waals surface area contributed by atoms with E-state index in [9.17, 15) is 17.8 Å². The van der Waals surface area contributed by atoms with Crippen LogP contribution in [0.2, 0.25) is 0 Å². The molecule has 3 aromatic heterocycles. The second kappa shape index (κ2) is 9.12. The minimum atomic E-state index is -4.41. The van der Waals surface area contributed by atoms with Gasteiger partial charge in [0.1, 0.15) is 4.90 Å². The number of pyridine rings is 3. The average Bonchev–Trinajstić information content (AvgIpc) is 2.82. The Balaban J connectivity index is 1.83. The molecule has 3 heterocycles. The quantitative estimate of drug-likeness (QED) is 0.411. The number of hydrogen-bond donors (Lipinski definition) is 1. The van der Waals surface area contributed by atoms with Crippen molar-refractivity contribution in [2.45, 2.75) is 52.0 Å². The Hall–Kier alpha value is -3.36. The molecule has 0 unspecified atom stereocenters. The molecule has 0 bridgehead atoms. The molecule has 0 aliphatic rings. The zero-order chi connectivity index (χ0) is 24.6. The number of benzene rings is 1. The zero-order valence-electron chi connectivity index (χ0n) is 19.7. The van der Waals surface area contributed by atoms with Crippen molar-refractivity contribution in [2.75, 3.05) is 0 Å². The predicted molar refractivity (Wildman–Crippen MR) is 133 cm³/mol. The van der Waals surface area contributed by atoms with E-state index < -0.39 is 10.1 Å². The third-order valence-electron chi connectivity index (χ3n) is 6.12. The molecular formula is C26H27N3O4S. The van der Waals surface area contributed by atoms with Crippen LogP contribution in [-0.4, -0.2) is 27.5 Å². The Bertz CT molecular complexity index is 1560. The van der Waals surface area contributed by atoms with Crippen molar-refractivity contribution in [2.24, 2.45) is 0 Å². The normalized spacial score (nSPS) is 11.8. The van der Waals surface area contributed by atoms with E-state index in [1.165, 1.54) is 18.3 Å². The summed E-state index contributed by atoms with van der Waals surface area (Å²) in [7, 11) is -4.41. The van der Waals surface area contributed by atoms with Crippen molar-refractivity contribution in [3.63, 3.8) is 0 Å². The number of rotatable bonds is 6. The summed E-state index contributed by atoms with van der Waals surface area (Å²) in [6, 6.07) is 11.9. The van der Waals surface area contributed by atoms with Gasteiger partial charge in [0, 0.05) is 34.1 Å². The van der Waals surface area contributed by atoms with Crippen molar-refractivity contribution in [3.8, 4) is 11.3 Å². The number of aryl methyl sites for hydroxylation is 3. The van der Waals surface area contributed by atoms with Gasteiger partial charge in [0.2, 0.25) is 0 Å². The van der Waals surface area contributed by atoms with Crippen molar-refractivity contribution >= 4 is 21.0 Å². The number of fused-ring (bicyclic) bond motifs is 1. The van der Waals surface area contributed by atoms with Gasteiger partial charge in [0.25, 0.3) is 15.7 Å². The fourth-order valence-corrected chi connectivity index (χ4v) is 5.18. The molecule has 0 atom stereocenters. The molecule has 1 aromatic carbocycles. The van der Waals surface area contributed by atoms with Crippen LogP contribution in [0.1, 0.15) is 41.9 Å². The summed E-state index contributed by atoms with van der Waals surface area (Å²) in [5, 5.41) is 1.05. The van der Waals surface area contributed by atoms with Gasteiger partial charge in [-0.2, -0.15) is 8.42 Å². The van der Waals surface area contributed by atoms with Crippen molar-refractivity contribution in [1.82, 2.24) is 14.5 Å². The summed E-state index contributed by atoms with van der Waals surface area (Å²) in [6.07, 6.45) is 3.01. The van der Waals surface area contributed by atoms with Crippen LogP contribution in [0.25, 0.3) is 22.2 Å². The summed E-state index contributed by atoms with van der Waals surface area (Å²) in [6.45, 7) is 8.30. The molecule has 0 saturated heterocycles. The zero-order valence-corrected chi connectivity index (χ0v) is 20.5. The number of aromatic nitrogens is 3. The maximum absolute atomic E-state index is 13.4. The molecule has 4 aromatic rings. The third kappa shape index (κ3) is 4.26. The second-order valence-electron chi connectivity index (χ2n) is 8.33. The van der Waals surface area contributed by atoms with Gasteiger partial charge in [-0.25, -0.2) is 0 Å². The van der Waals surface area contributed by atoms with Gasteiger partial charge in [-0.3, -0.25) is 19.3 Å². The fourth-order valence-electron chi connectivity index (χ4n) is 4.51. The lowest BCUT2D eigenvalue weighted by molar-refractivity contribution is 0.483. The first-order chi connectivity index (χ1) is 16.2. The van der Waals surface area contributed by atoms with E-state index in [1.54, 1.807) is 16.7 Å². The van der Waals surface area contributed by atoms with Gasteiger partial charge in [-0.05, 0) is 56.0 Å². The second-order valence-corrected chi connectivity index (χ2v) is 9.72. The molecule has 1 N–H and O–H groups in total. The Kier molecular flexibility index (Phi) is 6.38. The Morgan fingerprint density at radius 2 is 1.74 bits per heavy atom. The highest BCUT2D eigenvalue weighted by Crippen LogP contribution is 2.27. The van der Waals surface area contributed by atoms with Gasteiger partial charge in [0.05, 0.1) is 17.8 Å². The molecule has 0 aliphatic carbocycles. The first-order valence-corrected chi connectivity index (χ1v) is 12.6. The molecule has 0 amide bonds. The average molecular weight is 478 g/mol. The third-order valence-corrected chi connectivity index (χ3v) is 7.00. The molecule has 0 aliphatic heterocycles. The van der Waals surface area contributed by atoms with Crippen LogP contribution in [-0.2, 0) is 29.5 Å². The van der Waals surface area contributed by atoms with Gasteiger partial charge in [0.15, 0.2) is 0 Å². The molecule has 8 heteroatoms. The van der Waals surface area contributed by atoms with Crippen molar-refractivity contribution < 1.29 is 13.0 Å². The molecule has 0 radical (unpaired) electrons. The SMILES string of the molecule is CCc1nc(C)cc2c1c(CC)c(C)c(=O)n2Cc1ccc(-c2ncccc2S(=O)(=O)O)cc1. The van der Waals surface area contributed by atoms with Crippen LogP contribution in [0, 0.1) is 13.8 Å². The lowest BCUT2D eigenvalue weighted by Gasteiger charge is -2.18. The summed E-state index contributed by atoms with van der Waals surface area (Å²) in [4.78, 5) is 22.0. The monoisotopic (exact) mass is 477 g/mol. The molecule has 0 fully saturated rings. The summed E-state index contributed by atoms with van der Waals surface area (Å²) in [5.74, 6) is 0. The maximum Gasteiger partial charge on any atom is 0.296 e. The van der Waals surface area contributed by atoms with Gasteiger partial charge >= 0.3 is 0 Å². The Morgan fingerprint density at radius 3 is 2.35 bits per heavy atom. The standard InChI is InChI=1S/C26H27N3O4S/c1-5-20-17(4)26(30)29(22-14-16(3)28-21(6-2)24(20)22)15-18-9-11-19(12-10-18)25-23(34(31,32)33)8-7-13-27-25/h7-14H,5-6,15H2,1-4H3,(H,31,32,33). The predicted octanol–water partition coefficient (Wildman–Crippen LogP) is 4.50. The lowest BCUT2D eigenvalue weighted by atomic mass is 9.98. The molecule has 34 heavy (non-hydrogen) atoms. The van der Waals surface area contributed by atoms with Crippen LogP contribution in [0.15, 0.2) is 58.4 Å². The smallest absolute Gasteiger partial charge is 0.296 e. The van der Waals surface area contributed by atoms with Crippen LogP contribution >= 0.6 is 0 Å². The molecular weight excluding hydrogens is 450 g/mol. The number of hydrogen-bond acceptors (Lipinski definition) is 5. The van der Waals surface area contributed by atoms with Crippen LogP contribution in [0.4, 0.5) is 0 Å². The van der Waals surface area contributed by atoms with Gasteiger partial charge < -0.3 is 4.57 Å². The first-order valence-electron chi connectivity index (χ1n) is 11.2. The minimum Gasteiger partial charge on any atom is -0.303 e. The van der Waals surface area contributed by atoms with Crippen molar-refractivity contribution in [1.29, 1.82) is 0 Å². The molecule has 176 valence electrons. The van der Waals surface area contributed by atoms with E-state index in [0.29, 0.717) is 12.1 Å². The summed E-state index contributed by atoms with van der Waals surface area (Å²) >= 11 is 0.